The van der Waals surface area contributed by atoms with Crippen molar-refractivity contribution >= 4 is 22.6 Å². The molecule has 0 aliphatic carbocycles. The average molecular weight is 346 g/mol. The summed E-state index contributed by atoms with van der Waals surface area (Å²) >= 11 is 0. The van der Waals surface area contributed by atoms with Gasteiger partial charge in [0.1, 0.15) is 16.9 Å². The Balaban J connectivity index is 1.54. The van der Waals surface area contributed by atoms with Gasteiger partial charge in [-0.05, 0) is 48.0 Å². The number of nitrogens with one attached hydrogen (secondary N) is 1. The van der Waals surface area contributed by atoms with Crippen LogP contribution in [0.3, 0.4) is 0 Å². The predicted molar refractivity (Wildman–Crippen MR) is 97.6 cm³/mol. The summed E-state index contributed by atoms with van der Waals surface area (Å²) in [6, 6.07) is 20.8. The van der Waals surface area contributed by atoms with Gasteiger partial charge in [-0.1, -0.05) is 30.3 Å². The van der Waals surface area contributed by atoms with Crippen molar-refractivity contribution in [2.45, 2.75) is 6.42 Å². The van der Waals surface area contributed by atoms with Crippen molar-refractivity contribution in [3.05, 3.63) is 84.2 Å². The Bertz CT molecular complexity index is 1060. The number of carbonyl (C=O) groups excluding carboxylic acids is 1. The molecule has 0 saturated heterocycles. The minimum Gasteiger partial charge on any atom is -0.326 e. The van der Waals surface area contributed by atoms with Crippen LogP contribution in [0.4, 0.5) is 10.1 Å². The molecule has 3 aromatic carbocycles. The van der Waals surface area contributed by atoms with Crippen LogP contribution in [-0.4, -0.2) is 20.9 Å². The molecular weight excluding hydrogens is 331 g/mol. The van der Waals surface area contributed by atoms with Gasteiger partial charge in [-0.25, -0.2) is 4.39 Å². The van der Waals surface area contributed by atoms with Crippen molar-refractivity contribution in [2.24, 2.45) is 0 Å². The summed E-state index contributed by atoms with van der Waals surface area (Å²) in [6.07, 6.45) is 0.307. The topological polar surface area (TPSA) is 59.8 Å². The van der Waals surface area contributed by atoms with Crippen LogP contribution in [0, 0.1) is 5.82 Å². The first-order valence-electron chi connectivity index (χ1n) is 8.14. The third-order valence-electron chi connectivity index (χ3n) is 3.93. The molecule has 0 bridgehead atoms. The summed E-state index contributed by atoms with van der Waals surface area (Å²) in [7, 11) is 0. The van der Waals surface area contributed by atoms with Crippen molar-refractivity contribution in [3.8, 4) is 5.69 Å². The molecule has 128 valence electrons. The van der Waals surface area contributed by atoms with Crippen LogP contribution in [0.2, 0.25) is 0 Å². The van der Waals surface area contributed by atoms with E-state index in [1.54, 1.807) is 30.3 Å². The van der Waals surface area contributed by atoms with Crippen molar-refractivity contribution in [1.82, 2.24) is 15.0 Å². The van der Waals surface area contributed by atoms with Gasteiger partial charge in [0.05, 0.1) is 12.1 Å². The molecule has 0 spiro atoms. The van der Waals surface area contributed by atoms with Gasteiger partial charge >= 0.3 is 0 Å². The maximum Gasteiger partial charge on any atom is 0.228 e. The number of nitrogens with zero attached hydrogens (tertiary/aromatic N) is 3. The Morgan fingerprint density at radius 3 is 2.42 bits per heavy atom. The minimum atomic E-state index is -0.311. The van der Waals surface area contributed by atoms with Crippen LogP contribution in [0.1, 0.15) is 5.56 Å². The molecule has 5 nitrogen and oxygen atoms in total. The predicted octanol–water partition coefficient (Wildman–Crippen LogP) is 3.74. The molecule has 0 aliphatic rings. The van der Waals surface area contributed by atoms with Gasteiger partial charge in [-0.2, -0.15) is 4.80 Å². The molecule has 0 unspecified atom stereocenters. The minimum absolute atomic E-state index is 0.0959. The molecule has 0 atom stereocenters. The first-order chi connectivity index (χ1) is 12.7. The third-order valence-corrected chi connectivity index (χ3v) is 3.93. The standard InChI is InChI=1S/C20H15FN4O/c21-15-6-9-17(10-7-15)25-23-18-11-8-16(13-19(18)24-25)22-20(26)12-14-4-2-1-3-5-14/h1-11,13H,12H2,(H,22,26). The normalized spacial score (nSPS) is 10.8. The molecule has 0 fully saturated rings. The fraction of sp³-hybridized carbons (Fsp3) is 0.0500. The Morgan fingerprint density at radius 2 is 1.65 bits per heavy atom. The first-order valence-corrected chi connectivity index (χ1v) is 8.14. The number of hydrogen-bond acceptors (Lipinski definition) is 3. The molecule has 0 radical (unpaired) electrons. The van der Waals surface area contributed by atoms with Crippen LogP contribution in [0.5, 0.6) is 0 Å². The van der Waals surface area contributed by atoms with E-state index in [0.29, 0.717) is 28.8 Å². The van der Waals surface area contributed by atoms with Crippen LogP contribution in [0.25, 0.3) is 16.7 Å². The third kappa shape index (κ3) is 3.44. The summed E-state index contributed by atoms with van der Waals surface area (Å²) in [5, 5.41) is 11.6. The first kappa shape index (κ1) is 16.0. The summed E-state index contributed by atoms with van der Waals surface area (Å²) in [6.45, 7) is 0. The lowest BCUT2D eigenvalue weighted by atomic mass is 10.1. The average Bonchev–Trinajstić information content (AvgIpc) is 3.06. The van der Waals surface area contributed by atoms with Crippen LogP contribution in [-0.2, 0) is 11.2 Å². The quantitative estimate of drug-likeness (QED) is 0.612. The molecule has 4 aromatic rings. The van der Waals surface area contributed by atoms with Crippen molar-refractivity contribution < 1.29 is 9.18 Å². The van der Waals surface area contributed by atoms with E-state index < -0.39 is 0 Å². The fourth-order valence-corrected chi connectivity index (χ4v) is 2.67. The zero-order valence-corrected chi connectivity index (χ0v) is 13.8. The van der Waals surface area contributed by atoms with Gasteiger partial charge in [0, 0.05) is 5.69 Å². The molecule has 1 aromatic heterocycles. The zero-order valence-electron chi connectivity index (χ0n) is 13.8. The second-order valence-electron chi connectivity index (χ2n) is 5.88. The van der Waals surface area contributed by atoms with Crippen LogP contribution in [0.15, 0.2) is 72.8 Å². The molecule has 1 N–H and O–H groups in total. The van der Waals surface area contributed by atoms with Gasteiger partial charge in [-0.15, -0.1) is 10.2 Å². The van der Waals surface area contributed by atoms with Crippen LogP contribution < -0.4 is 5.32 Å². The van der Waals surface area contributed by atoms with Crippen molar-refractivity contribution in [2.75, 3.05) is 5.32 Å². The van der Waals surface area contributed by atoms with E-state index in [-0.39, 0.29) is 11.7 Å². The summed E-state index contributed by atoms with van der Waals surface area (Å²) in [5.74, 6) is -0.407. The highest BCUT2D eigenvalue weighted by Crippen LogP contribution is 2.18. The number of amides is 1. The maximum atomic E-state index is 13.0. The fourth-order valence-electron chi connectivity index (χ4n) is 2.67. The monoisotopic (exact) mass is 346 g/mol. The van der Waals surface area contributed by atoms with Gasteiger partial charge in [0.2, 0.25) is 5.91 Å². The smallest absolute Gasteiger partial charge is 0.228 e. The molecule has 6 heteroatoms. The number of halogens is 1. The SMILES string of the molecule is O=C(Cc1ccccc1)Nc1ccc2nn(-c3ccc(F)cc3)nc2c1. The second kappa shape index (κ2) is 6.76. The number of benzene rings is 3. The van der Waals surface area contributed by atoms with E-state index in [4.69, 9.17) is 0 Å². The number of rotatable bonds is 4. The highest BCUT2D eigenvalue weighted by Gasteiger charge is 2.08. The van der Waals surface area contributed by atoms with E-state index in [0.717, 1.165) is 5.56 Å². The highest BCUT2D eigenvalue weighted by molar-refractivity contribution is 5.94. The Morgan fingerprint density at radius 1 is 0.923 bits per heavy atom. The number of carbonyl (C=O) groups is 1. The molecule has 4 rings (SSSR count). The Hall–Kier alpha value is -3.54. The summed E-state index contributed by atoms with van der Waals surface area (Å²) in [4.78, 5) is 13.6. The lowest BCUT2D eigenvalue weighted by Crippen LogP contribution is -2.14. The van der Waals surface area contributed by atoms with Gasteiger partial charge < -0.3 is 5.32 Å². The van der Waals surface area contributed by atoms with Crippen LogP contribution >= 0.6 is 0 Å². The van der Waals surface area contributed by atoms with E-state index in [1.165, 1.54) is 16.9 Å². The maximum absolute atomic E-state index is 13.0. The Kier molecular flexibility index (Phi) is 4.15. The lowest BCUT2D eigenvalue weighted by molar-refractivity contribution is -0.115. The summed E-state index contributed by atoms with van der Waals surface area (Å²) in [5.41, 5.74) is 3.61. The second-order valence-corrected chi connectivity index (χ2v) is 5.88. The number of hydrogen-bond donors (Lipinski definition) is 1. The largest absolute Gasteiger partial charge is 0.326 e. The van der Waals surface area contributed by atoms with Gasteiger partial charge in [0.15, 0.2) is 0 Å². The van der Waals surface area contributed by atoms with Gasteiger partial charge in [0.25, 0.3) is 0 Å². The van der Waals surface area contributed by atoms with E-state index >= 15 is 0 Å². The number of aromatic nitrogens is 3. The molecule has 0 saturated carbocycles. The number of anilines is 1. The Labute approximate surface area is 149 Å². The van der Waals surface area contributed by atoms with Crippen molar-refractivity contribution in [1.29, 1.82) is 0 Å². The molecular formula is C20H15FN4O. The zero-order chi connectivity index (χ0) is 17.9. The molecule has 0 aliphatic heterocycles. The van der Waals surface area contributed by atoms with E-state index in [1.807, 2.05) is 30.3 Å². The van der Waals surface area contributed by atoms with Gasteiger partial charge in [-0.3, -0.25) is 4.79 Å². The van der Waals surface area contributed by atoms with Crippen molar-refractivity contribution in [3.63, 3.8) is 0 Å². The highest BCUT2D eigenvalue weighted by atomic mass is 19.1. The van der Waals surface area contributed by atoms with E-state index in [2.05, 4.69) is 15.5 Å². The van der Waals surface area contributed by atoms with E-state index in [9.17, 15) is 9.18 Å². The molecule has 1 amide bonds. The summed E-state index contributed by atoms with van der Waals surface area (Å²) < 4.78 is 13.0. The molecule has 1 heterocycles. The lowest BCUT2D eigenvalue weighted by Gasteiger charge is -2.04. The molecule has 26 heavy (non-hydrogen) atoms. The number of fused-ring (bicyclic) bond motifs is 1.